The third-order valence-electron chi connectivity index (χ3n) is 7.04. The van der Waals surface area contributed by atoms with Crippen LogP contribution >= 0.6 is 0 Å². The highest BCUT2D eigenvalue weighted by Crippen LogP contribution is 2.56. The van der Waals surface area contributed by atoms with Crippen LogP contribution in [-0.4, -0.2) is 33.7 Å². The Kier molecular flexibility index (Phi) is 4.20. The van der Waals surface area contributed by atoms with Gasteiger partial charge in [-0.2, -0.15) is 5.10 Å². The Morgan fingerprint density at radius 1 is 1.28 bits per heavy atom. The lowest BCUT2D eigenvalue weighted by atomic mass is 9.53. The summed E-state index contributed by atoms with van der Waals surface area (Å²) in [6.45, 7) is 8.58. The van der Waals surface area contributed by atoms with Crippen molar-refractivity contribution in [2.75, 3.05) is 13.1 Å². The fourth-order valence-corrected chi connectivity index (χ4v) is 5.45. The minimum absolute atomic E-state index is 0.0345. The van der Waals surface area contributed by atoms with Gasteiger partial charge in [0.25, 0.3) is 0 Å². The van der Waals surface area contributed by atoms with Crippen molar-refractivity contribution in [1.29, 1.82) is 0 Å². The lowest BCUT2D eigenvalue weighted by Gasteiger charge is -2.53. The number of hydrogen-bond donors (Lipinski definition) is 0. The zero-order chi connectivity index (χ0) is 17.7. The van der Waals surface area contributed by atoms with E-state index in [2.05, 4.69) is 41.6 Å². The van der Waals surface area contributed by atoms with Gasteiger partial charge in [-0.05, 0) is 62.8 Å². The lowest BCUT2D eigenvalue weighted by Crippen LogP contribution is -2.56. The maximum Gasteiger partial charge on any atom is 0.228 e. The second kappa shape index (κ2) is 6.14. The van der Waals surface area contributed by atoms with Gasteiger partial charge < -0.3 is 4.90 Å². The van der Waals surface area contributed by atoms with E-state index in [1.54, 1.807) is 0 Å². The van der Waals surface area contributed by atoms with Crippen molar-refractivity contribution in [3.63, 3.8) is 0 Å². The van der Waals surface area contributed by atoms with Crippen LogP contribution in [0.1, 0.15) is 71.3 Å². The van der Waals surface area contributed by atoms with Gasteiger partial charge in [-0.1, -0.05) is 26.7 Å². The highest BCUT2D eigenvalue weighted by molar-refractivity contribution is 5.84. The zero-order valence-electron chi connectivity index (χ0n) is 16.1. The Morgan fingerprint density at radius 3 is 2.60 bits per heavy atom. The molecule has 0 radical (unpaired) electrons. The molecule has 25 heavy (non-hydrogen) atoms. The number of amides is 1. The molecule has 1 saturated heterocycles. The van der Waals surface area contributed by atoms with E-state index in [1.807, 2.05) is 6.20 Å². The molecule has 0 N–H and O–H groups in total. The SMILES string of the molecule is CC(C)Cc1cnn(C2(C)CCN(C(=O)C34CCCC(C3)C4)CC2)c1. The van der Waals surface area contributed by atoms with Crippen molar-refractivity contribution in [2.24, 2.45) is 17.3 Å². The van der Waals surface area contributed by atoms with Crippen LogP contribution < -0.4 is 0 Å². The van der Waals surface area contributed by atoms with Crippen LogP contribution in [0.4, 0.5) is 0 Å². The third kappa shape index (κ3) is 3.02. The number of fused-ring (bicyclic) bond motifs is 2. The van der Waals surface area contributed by atoms with Crippen molar-refractivity contribution < 1.29 is 4.79 Å². The molecule has 1 aromatic rings. The average Bonchev–Trinajstić information content (AvgIpc) is 3.03. The predicted octanol–water partition coefficient (Wildman–Crippen LogP) is 4.00. The second-order valence-corrected chi connectivity index (χ2v) is 9.63. The van der Waals surface area contributed by atoms with Crippen LogP contribution in [0.15, 0.2) is 12.4 Å². The molecule has 4 nitrogen and oxygen atoms in total. The number of aromatic nitrogens is 2. The number of rotatable bonds is 4. The summed E-state index contributed by atoms with van der Waals surface area (Å²) in [6, 6.07) is 0. The first-order valence-corrected chi connectivity index (χ1v) is 10.2. The molecule has 1 aromatic heterocycles. The van der Waals surface area contributed by atoms with E-state index in [0.717, 1.165) is 57.5 Å². The molecule has 0 spiro atoms. The molecule has 138 valence electrons. The topological polar surface area (TPSA) is 38.1 Å². The van der Waals surface area contributed by atoms with Gasteiger partial charge in [0.1, 0.15) is 0 Å². The standard InChI is InChI=1S/C21H33N3O/c1-16(2)11-18-14-22-24(15-18)20(3)7-9-23(10-8-20)19(25)21-6-4-5-17(12-21)13-21/h14-17H,4-13H2,1-3H3. The summed E-state index contributed by atoms with van der Waals surface area (Å²) >= 11 is 0. The van der Waals surface area contributed by atoms with Gasteiger partial charge in [-0.15, -0.1) is 0 Å². The van der Waals surface area contributed by atoms with Crippen molar-refractivity contribution in [1.82, 2.24) is 14.7 Å². The van der Waals surface area contributed by atoms with Crippen LogP contribution in [0.5, 0.6) is 0 Å². The van der Waals surface area contributed by atoms with Gasteiger partial charge in [0.05, 0.1) is 11.7 Å². The maximum atomic E-state index is 13.1. The molecule has 4 fully saturated rings. The summed E-state index contributed by atoms with van der Waals surface area (Å²) < 4.78 is 2.17. The summed E-state index contributed by atoms with van der Waals surface area (Å²) in [5.74, 6) is 1.97. The predicted molar refractivity (Wildman–Crippen MR) is 99.2 cm³/mol. The quantitative estimate of drug-likeness (QED) is 0.829. The molecule has 1 amide bonds. The van der Waals surface area contributed by atoms with Gasteiger partial charge in [-0.25, -0.2) is 0 Å². The van der Waals surface area contributed by atoms with Crippen LogP contribution in [0.3, 0.4) is 0 Å². The summed E-state index contributed by atoms with van der Waals surface area (Å²) in [4.78, 5) is 15.3. The smallest absolute Gasteiger partial charge is 0.228 e. The fourth-order valence-electron chi connectivity index (χ4n) is 5.45. The number of carbonyl (C=O) groups excluding carboxylic acids is 1. The van der Waals surface area contributed by atoms with Crippen molar-refractivity contribution in [2.45, 2.75) is 77.7 Å². The largest absolute Gasteiger partial charge is 0.342 e. The number of carbonyl (C=O) groups is 1. The van der Waals surface area contributed by atoms with Gasteiger partial charge in [0, 0.05) is 24.7 Å². The Hall–Kier alpha value is -1.32. The van der Waals surface area contributed by atoms with Crippen molar-refractivity contribution >= 4 is 5.91 Å². The molecule has 0 unspecified atom stereocenters. The Bertz CT molecular complexity index is 628. The van der Waals surface area contributed by atoms with E-state index in [4.69, 9.17) is 0 Å². The van der Waals surface area contributed by atoms with Gasteiger partial charge in [0.15, 0.2) is 0 Å². The first-order valence-electron chi connectivity index (χ1n) is 10.2. The van der Waals surface area contributed by atoms with Crippen LogP contribution in [0, 0.1) is 17.3 Å². The summed E-state index contributed by atoms with van der Waals surface area (Å²) in [6.07, 6.45) is 13.4. The molecular weight excluding hydrogens is 310 g/mol. The highest BCUT2D eigenvalue weighted by atomic mass is 16.2. The number of piperidine rings is 1. The zero-order valence-corrected chi connectivity index (χ0v) is 16.1. The second-order valence-electron chi connectivity index (χ2n) is 9.63. The normalized spacial score (nSPS) is 31.0. The lowest BCUT2D eigenvalue weighted by molar-refractivity contribution is -0.158. The Balaban J connectivity index is 1.39. The molecule has 0 atom stereocenters. The molecule has 3 aliphatic carbocycles. The molecule has 4 aliphatic rings. The summed E-state index contributed by atoms with van der Waals surface area (Å²) in [5, 5.41) is 4.66. The monoisotopic (exact) mass is 343 g/mol. The molecular formula is C21H33N3O. The van der Waals surface area contributed by atoms with Crippen LogP contribution in [0.25, 0.3) is 0 Å². The van der Waals surface area contributed by atoms with Crippen molar-refractivity contribution in [3.05, 3.63) is 18.0 Å². The first-order chi connectivity index (χ1) is 11.9. The Labute approximate surface area is 152 Å². The number of nitrogens with zero attached hydrogens (tertiary/aromatic N) is 3. The highest BCUT2D eigenvalue weighted by Gasteiger charge is 2.54. The van der Waals surface area contributed by atoms with Gasteiger partial charge >= 0.3 is 0 Å². The van der Waals surface area contributed by atoms with E-state index >= 15 is 0 Å². The molecule has 2 heterocycles. The summed E-state index contributed by atoms with van der Waals surface area (Å²) in [5.41, 5.74) is 1.42. The number of hydrogen-bond acceptors (Lipinski definition) is 2. The van der Waals surface area contributed by atoms with E-state index in [-0.39, 0.29) is 11.0 Å². The minimum Gasteiger partial charge on any atom is -0.342 e. The van der Waals surface area contributed by atoms with E-state index in [9.17, 15) is 4.79 Å². The summed E-state index contributed by atoms with van der Waals surface area (Å²) in [7, 11) is 0. The minimum atomic E-state index is 0.0345. The van der Waals surface area contributed by atoms with Crippen LogP contribution in [0.2, 0.25) is 0 Å². The van der Waals surface area contributed by atoms with Crippen molar-refractivity contribution in [3.8, 4) is 0 Å². The number of likely N-dealkylation sites (tertiary alicyclic amines) is 1. The Morgan fingerprint density at radius 2 is 2.00 bits per heavy atom. The van der Waals surface area contributed by atoms with Crippen LogP contribution in [-0.2, 0) is 16.8 Å². The molecule has 3 saturated carbocycles. The third-order valence-corrected chi connectivity index (χ3v) is 7.04. The molecule has 5 rings (SSSR count). The molecule has 2 bridgehead atoms. The van der Waals surface area contributed by atoms with E-state index in [1.165, 1.54) is 18.4 Å². The van der Waals surface area contributed by atoms with Gasteiger partial charge in [0.2, 0.25) is 5.91 Å². The van der Waals surface area contributed by atoms with E-state index in [0.29, 0.717) is 11.8 Å². The molecule has 0 aromatic carbocycles. The fraction of sp³-hybridized carbons (Fsp3) is 0.810. The average molecular weight is 344 g/mol. The maximum absolute atomic E-state index is 13.1. The molecule has 1 aliphatic heterocycles. The van der Waals surface area contributed by atoms with Gasteiger partial charge in [-0.3, -0.25) is 9.48 Å². The first kappa shape index (κ1) is 17.1. The van der Waals surface area contributed by atoms with E-state index < -0.39 is 0 Å². The molecule has 4 heteroatoms.